The second-order valence-electron chi connectivity index (χ2n) is 6.83. The molecule has 0 spiro atoms. The normalized spacial score (nSPS) is 15.6. The Balaban J connectivity index is 1.37. The number of thiophene rings is 1. The molecule has 27 heavy (non-hydrogen) atoms. The molecule has 0 bridgehead atoms. The predicted molar refractivity (Wildman–Crippen MR) is 108 cm³/mol. The fraction of sp³-hybridized carbons (Fsp3) is 0.333. The van der Waals surface area contributed by atoms with Crippen LogP contribution in [0.3, 0.4) is 0 Å². The van der Waals surface area contributed by atoms with Crippen LogP contribution in [0.4, 0.5) is 0 Å². The highest BCUT2D eigenvalue weighted by atomic mass is 32.1. The highest BCUT2D eigenvalue weighted by Crippen LogP contribution is 2.18. The van der Waals surface area contributed by atoms with Gasteiger partial charge in [-0.05, 0) is 17.9 Å². The number of carbonyl (C=O) groups is 1. The van der Waals surface area contributed by atoms with E-state index in [2.05, 4.69) is 27.4 Å². The third-order valence-corrected chi connectivity index (χ3v) is 5.81. The Bertz CT molecular complexity index is 859. The molecule has 6 heteroatoms. The number of hydrogen-bond acceptors (Lipinski definition) is 4. The molecule has 1 saturated heterocycles. The van der Waals surface area contributed by atoms with Gasteiger partial charge in [-0.1, -0.05) is 36.4 Å². The largest absolute Gasteiger partial charge is 0.340 e. The topological polar surface area (TPSA) is 41.4 Å². The van der Waals surface area contributed by atoms with Crippen molar-refractivity contribution in [2.24, 2.45) is 0 Å². The first-order valence-electron chi connectivity index (χ1n) is 9.39. The highest BCUT2D eigenvalue weighted by molar-refractivity contribution is 7.09. The Morgan fingerprint density at radius 2 is 1.93 bits per heavy atom. The van der Waals surface area contributed by atoms with E-state index in [1.807, 2.05) is 46.0 Å². The summed E-state index contributed by atoms with van der Waals surface area (Å²) in [5, 5.41) is 2.12. The molecule has 1 aromatic carbocycles. The summed E-state index contributed by atoms with van der Waals surface area (Å²) in [4.78, 5) is 23.2. The lowest BCUT2D eigenvalue weighted by molar-refractivity contribution is -0.131. The Labute approximate surface area is 163 Å². The van der Waals surface area contributed by atoms with Crippen molar-refractivity contribution in [3.05, 3.63) is 65.1 Å². The second-order valence-corrected chi connectivity index (χ2v) is 7.87. The lowest BCUT2D eigenvalue weighted by Crippen LogP contribution is -2.37. The van der Waals surface area contributed by atoms with Crippen molar-refractivity contribution < 1.29 is 4.79 Å². The minimum atomic E-state index is 0.170. The number of rotatable bonds is 5. The Hall–Kier alpha value is -2.44. The number of aromatic nitrogens is 2. The Morgan fingerprint density at radius 1 is 1.04 bits per heavy atom. The van der Waals surface area contributed by atoms with Gasteiger partial charge in [0.05, 0.1) is 0 Å². The van der Waals surface area contributed by atoms with Gasteiger partial charge in [0.15, 0.2) is 0 Å². The summed E-state index contributed by atoms with van der Waals surface area (Å²) in [6.07, 6.45) is 4.68. The summed E-state index contributed by atoms with van der Waals surface area (Å²) in [5.74, 6) is 1.02. The molecular weight excluding hydrogens is 356 g/mol. The van der Waals surface area contributed by atoms with Crippen LogP contribution in [0, 0.1) is 0 Å². The van der Waals surface area contributed by atoms with E-state index in [-0.39, 0.29) is 5.91 Å². The molecule has 140 valence electrons. The van der Waals surface area contributed by atoms with Gasteiger partial charge in [-0.2, -0.15) is 0 Å². The van der Waals surface area contributed by atoms with Crippen molar-refractivity contribution in [3.63, 3.8) is 0 Å². The van der Waals surface area contributed by atoms with Gasteiger partial charge in [0.25, 0.3) is 0 Å². The fourth-order valence-electron chi connectivity index (χ4n) is 3.53. The smallest absolute Gasteiger partial charge is 0.242 e. The molecule has 2 aromatic heterocycles. The molecule has 3 aromatic rings. The van der Waals surface area contributed by atoms with Crippen LogP contribution in [-0.2, 0) is 17.9 Å². The van der Waals surface area contributed by atoms with Gasteiger partial charge in [-0.15, -0.1) is 11.3 Å². The summed E-state index contributed by atoms with van der Waals surface area (Å²) >= 11 is 1.80. The van der Waals surface area contributed by atoms with Crippen LogP contribution in [0.1, 0.15) is 11.3 Å². The van der Waals surface area contributed by atoms with Gasteiger partial charge in [-0.3, -0.25) is 9.69 Å². The molecule has 5 nitrogen and oxygen atoms in total. The number of carbonyl (C=O) groups excluding carboxylic acids is 1. The molecule has 0 atom stereocenters. The zero-order chi connectivity index (χ0) is 18.5. The van der Waals surface area contributed by atoms with E-state index in [1.54, 1.807) is 17.5 Å². The summed E-state index contributed by atoms with van der Waals surface area (Å²) in [6.45, 7) is 4.92. The first kappa shape index (κ1) is 17.9. The lowest BCUT2D eigenvalue weighted by atomic mass is 10.2. The molecule has 1 aliphatic rings. The minimum Gasteiger partial charge on any atom is -0.340 e. The zero-order valence-corrected chi connectivity index (χ0v) is 16.1. The first-order valence-corrected chi connectivity index (χ1v) is 10.3. The number of imidazole rings is 1. The van der Waals surface area contributed by atoms with E-state index in [4.69, 9.17) is 0 Å². The Kier molecular flexibility index (Phi) is 5.65. The van der Waals surface area contributed by atoms with E-state index in [0.29, 0.717) is 6.54 Å². The third kappa shape index (κ3) is 4.46. The molecule has 3 heterocycles. The summed E-state index contributed by atoms with van der Waals surface area (Å²) in [6, 6.07) is 14.3. The van der Waals surface area contributed by atoms with Crippen molar-refractivity contribution in [1.29, 1.82) is 0 Å². The van der Waals surface area contributed by atoms with E-state index in [1.165, 1.54) is 4.88 Å². The molecule has 1 fully saturated rings. The number of nitrogens with zero attached hydrogens (tertiary/aromatic N) is 4. The molecule has 4 rings (SSSR count). The molecule has 0 saturated carbocycles. The summed E-state index contributed by atoms with van der Waals surface area (Å²) in [5.41, 5.74) is 1.04. The van der Waals surface area contributed by atoms with Gasteiger partial charge >= 0.3 is 0 Å². The first-order chi connectivity index (χ1) is 13.3. The van der Waals surface area contributed by atoms with Crippen LogP contribution in [0.15, 0.2) is 60.2 Å². The van der Waals surface area contributed by atoms with Gasteiger partial charge in [0.2, 0.25) is 5.91 Å². The highest BCUT2D eigenvalue weighted by Gasteiger charge is 2.20. The molecule has 0 N–H and O–H groups in total. The molecule has 1 aliphatic heterocycles. The average Bonchev–Trinajstić information content (AvgIpc) is 3.31. The quantitative estimate of drug-likeness (QED) is 0.682. The maximum absolute atomic E-state index is 12.9. The van der Waals surface area contributed by atoms with Crippen molar-refractivity contribution in [2.45, 2.75) is 19.5 Å². The second kappa shape index (κ2) is 8.50. The minimum absolute atomic E-state index is 0.170. The van der Waals surface area contributed by atoms with Crippen LogP contribution >= 0.6 is 11.3 Å². The van der Waals surface area contributed by atoms with Gasteiger partial charge < -0.3 is 9.47 Å². The van der Waals surface area contributed by atoms with Crippen molar-refractivity contribution in [1.82, 2.24) is 19.4 Å². The molecule has 1 amide bonds. The average molecular weight is 381 g/mol. The van der Waals surface area contributed by atoms with Crippen LogP contribution in [0.2, 0.25) is 0 Å². The monoisotopic (exact) mass is 380 g/mol. The molecular formula is C21H24N4OS. The van der Waals surface area contributed by atoms with E-state index in [0.717, 1.165) is 50.5 Å². The SMILES string of the molecule is O=C(Cn1ccnc1-c1ccccc1)N1CCCN(Cc2cccs2)CC1. The fourth-order valence-corrected chi connectivity index (χ4v) is 4.28. The lowest BCUT2D eigenvalue weighted by Gasteiger charge is -2.22. The summed E-state index contributed by atoms with van der Waals surface area (Å²) < 4.78 is 1.95. The van der Waals surface area contributed by atoms with Crippen molar-refractivity contribution >= 4 is 17.2 Å². The van der Waals surface area contributed by atoms with E-state index < -0.39 is 0 Å². The van der Waals surface area contributed by atoms with Crippen LogP contribution in [0.25, 0.3) is 11.4 Å². The number of hydrogen-bond donors (Lipinski definition) is 0. The predicted octanol–water partition coefficient (Wildman–Crippen LogP) is 3.35. The molecule has 0 unspecified atom stereocenters. The maximum Gasteiger partial charge on any atom is 0.242 e. The van der Waals surface area contributed by atoms with Gasteiger partial charge in [0.1, 0.15) is 12.4 Å². The van der Waals surface area contributed by atoms with Crippen LogP contribution < -0.4 is 0 Å². The van der Waals surface area contributed by atoms with Crippen molar-refractivity contribution in [3.8, 4) is 11.4 Å². The van der Waals surface area contributed by atoms with Crippen LogP contribution in [-0.4, -0.2) is 51.4 Å². The zero-order valence-electron chi connectivity index (χ0n) is 15.3. The number of benzene rings is 1. The van der Waals surface area contributed by atoms with Gasteiger partial charge in [0, 0.05) is 55.6 Å². The molecule has 0 aliphatic carbocycles. The van der Waals surface area contributed by atoms with Gasteiger partial charge in [-0.25, -0.2) is 4.98 Å². The summed E-state index contributed by atoms with van der Waals surface area (Å²) in [7, 11) is 0. The van der Waals surface area contributed by atoms with E-state index >= 15 is 0 Å². The van der Waals surface area contributed by atoms with Crippen molar-refractivity contribution in [2.75, 3.05) is 26.2 Å². The van der Waals surface area contributed by atoms with Crippen LogP contribution in [0.5, 0.6) is 0 Å². The number of amides is 1. The third-order valence-electron chi connectivity index (χ3n) is 4.95. The van der Waals surface area contributed by atoms with E-state index in [9.17, 15) is 4.79 Å². The standard InChI is InChI=1S/C21H24N4OS/c26-20(17-25-12-9-22-21(25)18-6-2-1-3-7-18)24-11-5-10-23(13-14-24)16-19-8-4-15-27-19/h1-4,6-9,12,15H,5,10-11,13-14,16-17H2. The molecule has 0 radical (unpaired) electrons. The Morgan fingerprint density at radius 3 is 2.74 bits per heavy atom. The maximum atomic E-state index is 12.9.